The Hall–Kier alpha value is -2.69. The standard InChI is InChI=1S/C19H22N4O/c1-11(2)23-18-16(10-20-23)15(9-13(4)21-18)19(24)22-17-8-6-7-12(3)14(17)5/h6-11H,1-5H3,(H,22,24). The van der Waals surface area contributed by atoms with Crippen LogP contribution in [0.4, 0.5) is 5.69 Å². The molecule has 0 atom stereocenters. The highest BCUT2D eigenvalue weighted by Crippen LogP contribution is 2.23. The number of nitrogens with zero attached hydrogens (tertiary/aromatic N) is 3. The highest BCUT2D eigenvalue weighted by atomic mass is 16.1. The first-order valence-corrected chi connectivity index (χ1v) is 8.11. The van der Waals surface area contributed by atoms with Crippen molar-refractivity contribution in [3.05, 3.63) is 52.8 Å². The summed E-state index contributed by atoms with van der Waals surface area (Å²) in [5, 5.41) is 8.19. The summed E-state index contributed by atoms with van der Waals surface area (Å²) >= 11 is 0. The van der Waals surface area contributed by atoms with Gasteiger partial charge in [-0.2, -0.15) is 5.10 Å². The molecule has 0 aliphatic heterocycles. The predicted molar refractivity (Wildman–Crippen MR) is 96.5 cm³/mol. The Labute approximate surface area is 141 Å². The summed E-state index contributed by atoms with van der Waals surface area (Å²) in [5.74, 6) is -0.137. The van der Waals surface area contributed by atoms with Gasteiger partial charge in [0.1, 0.15) is 0 Å². The monoisotopic (exact) mass is 322 g/mol. The number of amides is 1. The zero-order valence-corrected chi connectivity index (χ0v) is 14.7. The van der Waals surface area contributed by atoms with Crippen LogP contribution in [-0.2, 0) is 0 Å². The number of carbonyl (C=O) groups is 1. The van der Waals surface area contributed by atoms with Crippen LogP contribution in [0.25, 0.3) is 11.0 Å². The first-order valence-electron chi connectivity index (χ1n) is 8.11. The van der Waals surface area contributed by atoms with Gasteiger partial charge in [-0.3, -0.25) is 4.79 Å². The van der Waals surface area contributed by atoms with Crippen molar-refractivity contribution in [3.63, 3.8) is 0 Å². The van der Waals surface area contributed by atoms with Crippen molar-refractivity contribution < 1.29 is 4.79 Å². The lowest BCUT2D eigenvalue weighted by Crippen LogP contribution is -2.14. The number of nitrogens with one attached hydrogen (secondary N) is 1. The summed E-state index contributed by atoms with van der Waals surface area (Å²) in [7, 11) is 0. The Bertz CT molecular complexity index is 925. The van der Waals surface area contributed by atoms with E-state index in [1.165, 1.54) is 0 Å². The summed E-state index contributed by atoms with van der Waals surface area (Å²) < 4.78 is 1.84. The van der Waals surface area contributed by atoms with E-state index in [0.717, 1.165) is 33.5 Å². The molecular weight excluding hydrogens is 300 g/mol. The van der Waals surface area contributed by atoms with E-state index in [9.17, 15) is 4.79 Å². The molecule has 0 aliphatic rings. The molecule has 1 aromatic carbocycles. The molecule has 0 spiro atoms. The smallest absolute Gasteiger partial charge is 0.256 e. The van der Waals surface area contributed by atoms with E-state index < -0.39 is 0 Å². The second-order valence-electron chi connectivity index (χ2n) is 6.43. The van der Waals surface area contributed by atoms with Crippen LogP contribution in [0, 0.1) is 20.8 Å². The molecule has 2 heterocycles. The Morgan fingerprint density at radius 1 is 1.21 bits per heavy atom. The first-order chi connectivity index (χ1) is 11.4. The molecule has 5 heteroatoms. The van der Waals surface area contributed by atoms with Crippen molar-refractivity contribution in [2.45, 2.75) is 40.7 Å². The van der Waals surface area contributed by atoms with Crippen molar-refractivity contribution in [2.75, 3.05) is 5.32 Å². The lowest BCUT2D eigenvalue weighted by Gasteiger charge is -2.12. The van der Waals surface area contributed by atoms with Gasteiger partial charge in [-0.15, -0.1) is 0 Å². The van der Waals surface area contributed by atoms with Crippen LogP contribution in [0.1, 0.15) is 47.1 Å². The number of hydrogen-bond donors (Lipinski definition) is 1. The second kappa shape index (κ2) is 6.07. The molecule has 124 valence electrons. The van der Waals surface area contributed by atoms with Gasteiger partial charge < -0.3 is 5.32 Å². The quantitative estimate of drug-likeness (QED) is 0.786. The minimum Gasteiger partial charge on any atom is -0.322 e. The van der Waals surface area contributed by atoms with Gasteiger partial charge >= 0.3 is 0 Å². The van der Waals surface area contributed by atoms with Crippen molar-refractivity contribution >= 4 is 22.6 Å². The van der Waals surface area contributed by atoms with Crippen molar-refractivity contribution in [1.29, 1.82) is 0 Å². The van der Waals surface area contributed by atoms with Crippen molar-refractivity contribution in [3.8, 4) is 0 Å². The molecule has 0 saturated heterocycles. The normalized spacial score (nSPS) is 11.2. The molecule has 3 rings (SSSR count). The van der Waals surface area contributed by atoms with Crippen LogP contribution in [0.3, 0.4) is 0 Å². The Morgan fingerprint density at radius 2 is 1.96 bits per heavy atom. The van der Waals surface area contributed by atoms with Gasteiger partial charge in [-0.05, 0) is 57.9 Å². The lowest BCUT2D eigenvalue weighted by atomic mass is 10.1. The summed E-state index contributed by atoms with van der Waals surface area (Å²) in [6, 6.07) is 7.90. The number of benzene rings is 1. The van der Waals surface area contributed by atoms with E-state index in [4.69, 9.17) is 0 Å². The lowest BCUT2D eigenvalue weighted by molar-refractivity contribution is 0.102. The number of hydrogen-bond acceptors (Lipinski definition) is 3. The Morgan fingerprint density at radius 3 is 2.67 bits per heavy atom. The third-order valence-corrected chi connectivity index (χ3v) is 4.28. The minimum atomic E-state index is -0.137. The van der Waals surface area contributed by atoms with Gasteiger partial charge in [0, 0.05) is 17.4 Å². The zero-order chi connectivity index (χ0) is 17.4. The number of pyridine rings is 1. The molecule has 0 saturated carbocycles. The number of aromatic nitrogens is 3. The fourth-order valence-corrected chi connectivity index (χ4v) is 2.79. The number of aryl methyl sites for hydroxylation is 2. The van der Waals surface area contributed by atoms with Crippen LogP contribution in [-0.4, -0.2) is 20.7 Å². The van der Waals surface area contributed by atoms with Crippen LogP contribution in [0.15, 0.2) is 30.5 Å². The topological polar surface area (TPSA) is 59.8 Å². The van der Waals surface area contributed by atoms with Crippen molar-refractivity contribution in [2.24, 2.45) is 0 Å². The largest absolute Gasteiger partial charge is 0.322 e. The molecule has 2 aromatic heterocycles. The second-order valence-corrected chi connectivity index (χ2v) is 6.43. The molecule has 24 heavy (non-hydrogen) atoms. The molecule has 0 fully saturated rings. The molecule has 1 amide bonds. The van der Waals surface area contributed by atoms with E-state index in [1.54, 1.807) is 6.20 Å². The van der Waals surface area contributed by atoms with Gasteiger partial charge in [0.05, 0.1) is 17.1 Å². The van der Waals surface area contributed by atoms with Gasteiger partial charge in [0.15, 0.2) is 5.65 Å². The highest BCUT2D eigenvalue weighted by molar-refractivity contribution is 6.12. The molecular formula is C19H22N4O. The summed E-state index contributed by atoms with van der Waals surface area (Å²) in [6.45, 7) is 10.0. The van der Waals surface area contributed by atoms with Crippen LogP contribution >= 0.6 is 0 Å². The molecule has 1 N–H and O–H groups in total. The van der Waals surface area contributed by atoms with E-state index >= 15 is 0 Å². The maximum absolute atomic E-state index is 12.8. The fourth-order valence-electron chi connectivity index (χ4n) is 2.79. The number of carbonyl (C=O) groups excluding carboxylic acids is 1. The minimum absolute atomic E-state index is 0.137. The zero-order valence-electron chi connectivity index (χ0n) is 14.7. The third-order valence-electron chi connectivity index (χ3n) is 4.28. The Kier molecular flexibility index (Phi) is 4.09. The Balaban J connectivity index is 2.05. The average Bonchev–Trinajstić information content (AvgIpc) is 2.94. The van der Waals surface area contributed by atoms with Crippen molar-refractivity contribution in [1.82, 2.24) is 14.8 Å². The molecule has 5 nitrogen and oxygen atoms in total. The fraction of sp³-hybridized carbons (Fsp3) is 0.316. The maximum Gasteiger partial charge on any atom is 0.256 e. The van der Waals surface area contributed by atoms with Gasteiger partial charge in [-0.1, -0.05) is 12.1 Å². The highest BCUT2D eigenvalue weighted by Gasteiger charge is 2.17. The maximum atomic E-state index is 12.8. The molecule has 0 bridgehead atoms. The van der Waals surface area contributed by atoms with Crippen LogP contribution < -0.4 is 5.32 Å². The third kappa shape index (κ3) is 2.77. The van der Waals surface area contributed by atoms with E-state index in [0.29, 0.717) is 5.56 Å². The predicted octanol–water partition coefficient (Wildman–Crippen LogP) is 4.19. The SMILES string of the molecule is Cc1cc(C(=O)Nc2cccc(C)c2C)c2cnn(C(C)C)c2n1. The van der Waals surface area contributed by atoms with E-state index in [2.05, 4.69) is 15.4 Å². The van der Waals surface area contributed by atoms with Crippen LogP contribution in [0.5, 0.6) is 0 Å². The van der Waals surface area contributed by atoms with E-state index in [-0.39, 0.29) is 11.9 Å². The number of rotatable bonds is 3. The van der Waals surface area contributed by atoms with Gasteiger partial charge in [-0.25, -0.2) is 9.67 Å². The summed E-state index contributed by atoms with van der Waals surface area (Å²) in [6.07, 6.45) is 1.72. The first kappa shape index (κ1) is 16.2. The number of anilines is 1. The molecule has 0 unspecified atom stereocenters. The average molecular weight is 322 g/mol. The molecule has 0 radical (unpaired) electrons. The van der Waals surface area contributed by atoms with E-state index in [1.807, 2.05) is 63.6 Å². The molecule has 0 aliphatic carbocycles. The number of fused-ring (bicyclic) bond motifs is 1. The summed E-state index contributed by atoms with van der Waals surface area (Å²) in [4.78, 5) is 17.4. The summed E-state index contributed by atoms with van der Waals surface area (Å²) in [5.41, 5.74) is 5.21. The van der Waals surface area contributed by atoms with Crippen LogP contribution in [0.2, 0.25) is 0 Å². The molecule has 3 aromatic rings. The van der Waals surface area contributed by atoms with Gasteiger partial charge in [0.2, 0.25) is 0 Å². The van der Waals surface area contributed by atoms with Gasteiger partial charge in [0.25, 0.3) is 5.91 Å².